The monoisotopic (exact) mass is 706 g/mol. The Morgan fingerprint density at radius 3 is 1.72 bits per heavy atom. The number of fused-ring (bicyclic) bond motifs is 1. The summed E-state index contributed by atoms with van der Waals surface area (Å²) in [6.07, 6.45) is -16.1. The first kappa shape index (κ1) is 36.5. The van der Waals surface area contributed by atoms with Gasteiger partial charge in [0.15, 0.2) is 0 Å². The molecule has 0 saturated heterocycles. The number of alkyl halides is 9. The predicted octanol–water partition coefficient (Wildman–Crippen LogP) is 11.3. The van der Waals surface area contributed by atoms with Crippen LogP contribution in [0.4, 0.5) is 50.0 Å². The summed E-state index contributed by atoms with van der Waals surface area (Å²) < 4.78 is 133. The molecule has 50 heavy (non-hydrogen) atoms. The smallest absolute Gasteiger partial charge is 0.416 e. The number of amides is 1. The molecule has 0 radical (unpaired) electrons. The van der Waals surface area contributed by atoms with Crippen molar-refractivity contribution in [3.05, 3.63) is 136 Å². The lowest BCUT2D eigenvalue weighted by atomic mass is 9.77. The third-order valence-electron chi connectivity index (χ3n) is 8.54. The maximum atomic E-state index is 14.2. The molecule has 13 heteroatoms. The van der Waals surface area contributed by atoms with E-state index in [1.165, 1.54) is 4.90 Å². The molecule has 0 saturated carbocycles. The Morgan fingerprint density at radius 2 is 1.26 bits per heavy atom. The molecule has 4 nitrogen and oxygen atoms in total. The highest BCUT2D eigenvalue weighted by molar-refractivity contribution is 6.13. The van der Waals surface area contributed by atoms with Gasteiger partial charge < -0.3 is 4.74 Å². The minimum absolute atomic E-state index is 0.00646. The molecule has 0 unspecified atom stereocenters. The van der Waals surface area contributed by atoms with Gasteiger partial charge in [-0.05, 0) is 67.3 Å². The topological polar surface area (TPSA) is 41.9 Å². The summed E-state index contributed by atoms with van der Waals surface area (Å²) in [5, 5.41) is 0. The first-order valence-electron chi connectivity index (χ1n) is 15.7. The molecule has 4 aromatic carbocycles. The average molecular weight is 707 g/mol. The number of hydrogen-bond donors (Lipinski definition) is 0. The van der Waals surface area contributed by atoms with Gasteiger partial charge in [0.1, 0.15) is 0 Å². The zero-order valence-electron chi connectivity index (χ0n) is 26.7. The second-order valence-electron chi connectivity index (χ2n) is 11.7. The van der Waals surface area contributed by atoms with E-state index >= 15 is 0 Å². The van der Waals surface area contributed by atoms with Crippen molar-refractivity contribution in [1.29, 1.82) is 0 Å². The van der Waals surface area contributed by atoms with Gasteiger partial charge in [0, 0.05) is 23.1 Å². The molecule has 0 bridgehead atoms. The molecule has 0 aliphatic carbocycles. The fraction of sp³-hybridized carbons (Fsp3) is 0.297. The van der Waals surface area contributed by atoms with E-state index in [1.54, 1.807) is 74.5 Å². The normalized spacial score (nSPS) is 17.1. The number of anilines is 1. The Labute approximate surface area is 282 Å². The van der Waals surface area contributed by atoms with Crippen LogP contribution in [-0.4, -0.2) is 24.5 Å². The Kier molecular flexibility index (Phi) is 10.4. The maximum absolute atomic E-state index is 14.2. The summed E-state index contributed by atoms with van der Waals surface area (Å²) in [5.74, 6) is -1.23. The Bertz CT molecular complexity index is 1760. The van der Waals surface area contributed by atoms with Crippen LogP contribution in [0.3, 0.4) is 0 Å². The molecule has 0 aromatic heterocycles. The van der Waals surface area contributed by atoms with E-state index in [0.717, 1.165) is 18.2 Å². The molecule has 5 rings (SSSR count). The van der Waals surface area contributed by atoms with E-state index in [0.29, 0.717) is 23.3 Å². The summed E-state index contributed by atoms with van der Waals surface area (Å²) in [4.78, 5) is 19.3. The molecule has 0 N–H and O–H groups in total. The lowest BCUT2D eigenvalue weighted by Gasteiger charge is -2.42. The van der Waals surface area contributed by atoms with Gasteiger partial charge >= 0.3 is 24.6 Å². The van der Waals surface area contributed by atoms with Crippen molar-refractivity contribution < 1.29 is 49.0 Å². The van der Waals surface area contributed by atoms with E-state index in [2.05, 4.69) is 0 Å². The van der Waals surface area contributed by atoms with Crippen molar-refractivity contribution in [2.75, 3.05) is 11.5 Å². The molecular formula is C37H31F9N2O2. The summed E-state index contributed by atoms with van der Waals surface area (Å²) in [6.45, 7) is 3.19. The molecule has 264 valence electrons. The fourth-order valence-electron chi connectivity index (χ4n) is 6.25. The molecule has 0 fully saturated rings. The molecule has 0 spiro atoms. The maximum Gasteiger partial charge on any atom is 0.416 e. The van der Waals surface area contributed by atoms with Crippen LogP contribution < -0.4 is 4.90 Å². The number of rotatable bonds is 7. The van der Waals surface area contributed by atoms with Crippen molar-refractivity contribution in [2.24, 2.45) is 4.99 Å². The number of halogens is 9. The Balaban J connectivity index is 1.89. The second-order valence-corrected chi connectivity index (χ2v) is 11.7. The minimum Gasteiger partial charge on any atom is -0.449 e. The van der Waals surface area contributed by atoms with Gasteiger partial charge in [-0.3, -0.25) is 9.89 Å². The first-order valence-corrected chi connectivity index (χ1v) is 15.7. The van der Waals surface area contributed by atoms with Gasteiger partial charge in [0.05, 0.1) is 40.7 Å². The van der Waals surface area contributed by atoms with Crippen LogP contribution in [0.2, 0.25) is 0 Å². The Hall–Kier alpha value is -4.81. The number of aliphatic imine (C=N–C) groups is 1. The number of hydrogen-bond acceptors (Lipinski definition) is 3. The zero-order valence-corrected chi connectivity index (χ0v) is 26.7. The largest absolute Gasteiger partial charge is 0.449 e. The van der Waals surface area contributed by atoms with Crippen molar-refractivity contribution >= 4 is 17.5 Å². The van der Waals surface area contributed by atoms with Crippen LogP contribution in [0.25, 0.3) is 0 Å². The summed E-state index contributed by atoms with van der Waals surface area (Å²) in [7, 11) is 0. The minimum atomic E-state index is -5.20. The third-order valence-corrected chi connectivity index (χ3v) is 8.54. The fourth-order valence-corrected chi connectivity index (χ4v) is 6.25. The SMILES string of the molecule is CCOC(=O)N1c2ccc(C(F)(F)F)cc2[C@H]([C@@H](N=C(c2ccccc2)c2ccccc2)c2cc(C(F)(F)F)cc(C(F)(F)F)c2)C[C@H]1CC. The lowest BCUT2D eigenvalue weighted by Crippen LogP contribution is -2.45. The van der Waals surface area contributed by atoms with Crippen molar-refractivity contribution in [3.8, 4) is 0 Å². The number of carbonyl (C=O) groups is 1. The van der Waals surface area contributed by atoms with Crippen LogP contribution in [0.15, 0.2) is 102 Å². The molecule has 4 aromatic rings. The quantitative estimate of drug-likeness (QED) is 0.142. The first-order chi connectivity index (χ1) is 23.5. The van der Waals surface area contributed by atoms with E-state index in [1.807, 2.05) is 0 Å². The summed E-state index contributed by atoms with van der Waals surface area (Å²) in [6, 6.07) is 18.1. The van der Waals surface area contributed by atoms with E-state index in [4.69, 9.17) is 9.73 Å². The zero-order chi connectivity index (χ0) is 36.4. The van der Waals surface area contributed by atoms with Crippen molar-refractivity contribution in [3.63, 3.8) is 0 Å². The van der Waals surface area contributed by atoms with Gasteiger partial charge in [-0.25, -0.2) is 4.79 Å². The van der Waals surface area contributed by atoms with Crippen LogP contribution in [0.5, 0.6) is 0 Å². The van der Waals surface area contributed by atoms with Crippen LogP contribution in [0, 0.1) is 0 Å². The van der Waals surface area contributed by atoms with E-state index in [-0.39, 0.29) is 42.5 Å². The highest BCUT2D eigenvalue weighted by atomic mass is 19.4. The van der Waals surface area contributed by atoms with Gasteiger partial charge in [0.2, 0.25) is 0 Å². The highest BCUT2D eigenvalue weighted by Crippen LogP contribution is 2.50. The van der Waals surface area contributed by atoms with Crippen LogP contribution >= 0.6 is 0 Å². The van der Waals surface area contributed by atoms with Crippen molar-refractivity contribution in [2.45, 2.75) is 63.2 Å². The van der Waals surface area contributed by atoms with Gasteiger partial charge in [-0.15, -0.1) is 0 Å². The standard InChI is InChI=1S/C37H31F9N2O2/c1-3-28-21-30(29-20-25(35(38,39)40)15-16-31(29)48(28)34(49)50-4-2)33(24-17-26(36(41,42)43)19-27(18-24)37(44,45)46)47-32(22-11-7-5-8-12-22)23-13-9-6-10-14-23/h5-20,28,30,33H,3-4,21H2,1-2H3/t28-,30-,33+/m1/s1. The lowest BCUT2D eigenvalue weighted by molar-refractivity contribution is -0.143. The third kappa shape index (κ3) is 7.81. The highest BCUT2D eigenvalue weighted by Gasteiger charge is 2.44. The molecule has 1 aliphatic heterocycles. The molecule has 1 amide bonds. The second kappa shape index (κ2) is 14.2. The predicted molar refractivity (Wildman–Crippen MR) is 170 cm³/mol. The summed E-state index contributed by atoms with van der Waals surface area (Å²) in [5.41, 5.74) is -3.83. The molecule has 1 heterocycles. The molecule has 3 atom stereocenters. The number of nitrogens with zero attached hydrogens (tertiary/aromatic N) is 2. The molecule has 1 aliphatic rings. The van der Waals surface area contributed by atoms with E-state index in [9.17, 15) is 44.3 Å². The van der Waals surface area contributed by atoms with Gasteiger partial charge in [-0.1, -0.05) is 67.6 Å². The molecular weight excluding hydrogens is 675 g/mol. The Morgan fingerprint density at radius 1 is 0.740 bits per heavy atom. The van der Waals surface area contributed by atoms with E-state index < -0.39 is 64.9 Å². The number of benzene rings is 4. The average Bonchev–Trinajstić information content (AvgIpc) is 3.07. The van der Waals surface area contributed by atoms with Crippen molar-refractivity contribution in [1.82, 2.24) is 0 Å². The van der Waals surface area contributed by atoms with Crippen LogP contribution in [-0.2, 0) is 23.3 Å². The number of ether oxygens (including phenoxy) is 1. The number of carbonyl (C=O) groups excluding carboxylic acids is 1. The summed E-state index contributed by atoms with van der Waals surface area (Å²) >= 11 is 0. The van der Waals surface area contributed by atoms with Crippen LogP contribution in [0.1, 0.15) is 77.6 Å². The van der Waals surface area contributed by atoms with Gasteiger partial charge in [-0.2, -0.15) is 39.5 Å². The van der Waals surface area contributed by atoms with Gasteiger partial charge in [0.25, 0.3) is 0 Å².